The number of nitrogens with one attached hydrogen (secondary N) is 1. The minimum Gasteiger partial charge on any atom is -0.493 e. The van der Waals surface area contributed by atoms with Gasteiger partial charge in [-0.2, -0.15) is 0 Å². The van der Waals surface area contributed by atoms with Gasteiger partial charge in [0.25, 0.3) is 5.91 Å². The van der Waals surface area contributed by atoms with Crippen LogP contribution in [0.1, 0.15) is 10.5 Å². The molecule has 7 heteroatoms. The summed E-state index contributed by atoms with van der Waals surface area (Å²) in [5, 5.41) is 4.70. The number of nitrogens with zero attached hydrogens (tertiary/aromatic N) is 2. The second-order valence-corrected chi connectivity index (χ2v) is 5.12. The summed E-state index contributed by atoms with van der Waals surface area (Å²) in [5.41, 5.74) is 0.991. The summed E-state index contributed by atoms with van der Waals surface area (Å²) >= 11 is 1.48. The maximum atomic E-state index is 12.2. The Hall–Kier alpha value is -2.54. The number of ether oxygens (including phenoxy) is 2. The molecule has 0 aliphatic rings. The summed E-state index contributed by atoms with van der Waals surface area (Å²) in [7, 11) is 3.11. The number of hydrogen-bond donors (Lipinski definition) is 1. The van der Waals surface area contributed by atoms with Crippen LogP contribution in [0.4, 0.5) is 5.69 Å². The van der Waals surface area contributed by atoms with E-state index in [9.17, 15) is 4.79 Å². The van der Waals surface area contributed by atoms with Crippen LogP contribution >= 0.6 is 11.3 Å². The van der Waals surface area contributed by atoms with Crippen molar-refractivity contribution in [3.8, 4) is 11.5 Å². The molecule has 1 aromatic carbocycles. The lowest BCUT2D eigenvalue weighted by Gasteiger charge is -2.09. The largest absolute Gasteiger partial charge is 0.493 e. The molecule has 0 radical (unpaired) electrons. The van der Waals surface area contributed by atoms with Gasteiger partial charge in [-0.3, -0.25) is 9.20 Å². The van der Waals surface area contributed by atoms with Crippen molar-refractivity contribution in [3.05, 3.63) is 41.7 Å². The fourth-order valence-corrected chi connectivity index (χ4v) is 2.65. The monoisotopic (exact) mass is 303 g/mol. The number of methoxy groups -OCH3 is 2. The van der Waals surface area contributed by atoms with Crippen molar-refractivity contribution >= 4 is 27.9 Å². The SMILES string of the molecule is COc1ccc(NC(=O)c2cn3ccsc3n2)cc1OC. The van der Waals surface area contributed by atoms with Crippen LogP contribution in [0.5, 0.6) is 11.5 Å². The molecular formula is C14H13N3O3S. The minimum atomic E-state index is -0.266. The number of imidazole rings is 1. The van der Waals surface area contributed by atoms with E-state index in [4.69, 9.17) is 9.47 Å². The van der Waals surface area contributed by atoms with Gasteiger partial charge in [-0.05, 0) is 12.1 Å². The van der Waals surface area contributed by atoms with Gasteiger partial charge >= 0.3 is 0 Å². The van der Waals surface area contributed by atoms with Crippen LogP contribution in [0.25, 0.3) is 4.96 Å². The number of anilines is 1. The highest BCUT2D eigenvalue weighted by Crippen LogP contribution is 2.29. The Balaban J connectivity index is 1.82. The molecule has 2 heterocycles. The van der Waals surface area contributed by atoms with Gasteiger partial charge < -0.3 is 14.8 Å². The predicted octanol–water partition coefficient (Wildman–Crippen LogP) is 2.67. The van der Waals surface area contributed by atoms with Crippen molar-refractivity contribution < 1.29 is 14.3 Å². The van der Waals surface area contributed by atoms with Crippen molar-refractivity contribution in [2.75, 3.05) is 19.5 Å². The van der Waals surface area contributed by atoms with Crippen LogP contribution < -0.4 is 14.8 Å². The molecule has 0 saturated carbocycles. The quantitative estimate of drug-likeness (QED) is 0.805. The number of hydrogen-bond acceptors (Lipinski definition) is 5. The molecule has 0 unspecified atom stereocenters. The first-order valence-corrected chi connectivity index (χ1v) is 7.05. The Morgan fingerprint density at radius 2 is 2.10 bits per heavy atom. The van der Waals surface area contributed by atoms with Crippen LogP contribution in [0, 0.1) is 0 Å². The minimum absolute atomic E-state index is 0.266. The van der Waals surface area contributed by atoms with E-state index in [2.05, 4.69) is 10.3 Å². The number of aromatic nitrogens is 2. The van der Waals surface area contributed by atoms with Gasteiger partial charge in [-0.1, -0.05) is 0 Å². The van der Waals surface area contributed by atoms with Crippen molar-refractivity contribution in [1.29, 1.82) is 0 Å². The fraction of sp³-hybridized carbons (Fsp3) is 0.143. The van der Waals surface area contributed by atoms with E-state index in [1.807, 2.05) is 16.0 Å². The Morgan fingerprint density at radius 3 is 2.81 bits per heavy atom. The molecule has 0 aliphatic carbocycles. The Bertz CT molecular complexity index is 765. The number of fused-ring (bicyclic) bond motifs is 1. The number of carbonyl (C=O) groups is 1. The highest BCUT2D eigenvalue weighted by molar-refractivity contribution is 7.15. The highest BCUT2D eigenvalue weighted by atomic mass is 32.1. The summed E-state index contributed by atoms with van der Waals surface area (Å²) in [4.78, 5) is 17.2. The molecule has 3 rings (SSSR count). The lowest BCUT2D eigenvalue weighted by Crippen LogP contribution is -2.12. The molecule has 0 fully saturated rings. The first-order chi connectivity index (χ1) is 10.2. The van der Waals surface area contributed by atoms with Crippen molar-refractivity contribution in [2.24, 2.45) is 0 Å². The molecule has 3 aromatic rings. The van der Waals surface area contributed by atoms with Crippen molar-refractivity contribution in [1.82, 2.24) is 9.38 Å². The first-order valence-electron chi connectivity index (χ1n) is 6.17. The topological polar surface area (TPSA) is 64.9 Å². The van der Waals surface area contributed by atoms with Gasteiger partial charge in [0.2, 0.25) is 0 Å². The second kappa shape index (κ2) is 5.45. The van der Waals surface area contributed by atoms with Crippen LogP contribution in [0.2, 0.25) is 0 Å². The zero-order valence-corrected chi connectivity index (χ0v) is 12.3. The molecule has 21 heavy (non-hydrogen) atoms. The van der Waals surface area contributed by atoms with Gasteiger partial charge in [0.1, 0.15) is 5.69 Å². The van der Waals surface area contributed by atoms with Crippen molar-refractivity contribution in [3.63, 3.8) is 0 Å². The maximum absolute atomic E-state index is 12.2. The van der Waals surface area contributed by atoms with Crippen LogP contribution in [0.15, 0.2) is 36.0 Å². The smallest absolute Gasteiger partial charge is 0.275 e. The molecule has 108 valence electrons. The predicted molar refractivity (Wildman–Crippen MR) is 80.6 cm³/mol. The third kappa shape index (κ3) is 2.55. The summed E-state index contributed by atoms with van der Waals surface area (Å²) < 4.78 is 12.2. The fourth-order valence-electron chi connectivity index (χ4n) is 1.95. The number of benzene rings is 1. The average molecular weight is 303 g/mol. The van der Waals surface area contributed by atoms with Gasteiger partial charge in [0.05, 0.1) is 14.2 Å². The molecule has 6 nitrogen and oxygen atoms in total. The summed E-state index contributed by atoms with van der Waals surface area (Å²) in [6, 6.07) is 5.19. The van der Waals surface area contributed by atoms with Crippen molar-refractivity contribution in [2.45, 2.75) is 0 Å². The van der Waals surface area contributed by atoms with Crippen LogP contribution in [0.3, 0.4) is 0 Å². The van der Waals surface area contributed by atoms with E-state index in [1.165, 1.54) is 11.3 Å². The molecule has 1 N–H and O–H groups in total. The van der Waals surface area contributed by atoms with Gasteiger partial charge in [-0.15, -0.1) is 11.3 Å². The molecule has 0 spiro atoms. The van der Waals surface area contributed by atoms with E-state index in [-0.39, 0.29) is 5.91 Å². The zero-order valence-electron chi connectivity index (χ0n) is 11.5. The summed E-state index contributed by atoms with van der Waals surface area (Å²) in [6.07, 6.45) is 3.56. The van der Waals surface area contributed by atoms with E-state index >= 15 is 0 Å². The molecular weight excluding hydrogens is 290 g/mol. The molecule has 0 saturated heterocycles. The van der Waals surface area contributed by atoms with Crippen LogP contribution in [-0.4, -0.2) is 29.5 Å². The van der Waals surface area contributed by atoms with E-state index in [1.54, 1.807) is 38.6 Å². The Labute approximate surface area is 124 Å². The first kappa shape index (κ1) is 13.4. The standard InChI is InChI=1S/C14H13N3O3S/c1-19-11-4-3-9(7-12(11)20-2)15-13(18)10-8-17-5-6-21-14(17)16-10/h3-8H,1-2H3,(H,15,18). The molecule has 0 aliphatic heterocycles. The van der Waals surface area contributed by atoms with E-state index in [0.717, 1.165) is 4.96 Å². The Morgan fingerprint density at radius 1 is 1.29 bits per heavy atom. The van der Waals surface area contributed by atoms with Crippen LogP contribution in [-0.2, 0) is 0 Å². The summed E-state index contributed by atoms with van der Waals surface area (Å²) in [5.74, 6) is 0.900. The lowest BCUT2D eigenvalue weighted by atomic mass is 10.2. The van der Waals surface area contributed by atoms with Gasteiger partial charge in [0.15, 0.2) is 16.5 Å². The Kier molecular flexibility index (Phi) is 3.49. The maximum Gasteiger partial charge on any atom is 0.275 e. The third-order valence-electron chi connectivity index (χ3n) is 2.97. The number of amides is 1. The average Bonchev–Trinajstić information content (AvgIpc) is 3.08. The lowest BCUT2D eigenvalue weighted by molar-refractivity contribution is 0.102. The number of rotatable bonds is 4. The second-order valence-electron chi connectivity index (χ2n) is 4.24. The van der Waals surface area contributed by atoms with E-state index in [0.29, 0.717) is 22.9 Å². The number of carbonyl (C=O) groups excluding carboxylic acids is 1. The molecule has 0 bridgehead atoms. The molecule has 2 aromatic heterocycles. The number of thiazole rings is 1. The van der Waals surface area contributed by atoms with E-state index < -0.39 is 0 Å². The third-order valence-corrected chi connectivity index (χ3v) is 3.74. The highest BCUT2D eigenvalue weighted by Gasteiger charge is 2.13. The molecule has 1 amide bonds. The summed E-state index contributed by atoms with van der Waals surface area (Å²) in [6.45, 7) is 0. The van der Waals surface area contributed by atoms with Gasteiger partial charge in [-0.25, -0.2) is 4.98 Å². The van der Waals surface area contributed by atoms with Gasteiger partial charge in [0, 0.05) is 29.5 Å². The normalized spacial score (nSPS) is 10.6. The zero-order chi connectivity index (χ0) is 14.8. The molecule has 0 atom stereocenters.